The first-order chi connectivity index (χ1) is 9.13. The number of ether oxygens (including phenoxy) is 1. The average molecular weight is 284 g/mol. The van der Waals surface area contributed by atoms with E-state index in [1.165, 1.54) is 12.4 Å². The average Bonchev–Trinajstić information content (AvgIpc) is 3.22. The third kappa shape index (κ3) is 2.33. The molecule has 0 spiro atoms. The summed E-state index contributed by atoms with van der Waals surface area (Å²) in [5.74, 6) is -0.685. The molecule has 2 heterocycles. The van der Waals surface area contributed by atoms with Gasteiger partial charge in [-0.1, -0.05) is 11.6 Å². The summed E-state index contributed by atoms with van der Waals surface area (Å²) in [6, 6.07) is 0.0772. The van der Waals surface area contributed by atoms with Gasteiger partial charge in [0.25, 0.3) is 0 Å². The van der Waals surface area contributed by atoms with E-state index in [0.717, 1.165) is 12.8 Å². The SMILES string of the molecule is OCC1(COc2ncc3cnc(Cl)c(F)c3n2)CC1. The molecule has 7 heteroatoms. The summed E-state index contributed by atoms with van der Waals surface area (Å²) in [4.78, 5) is 11.6. The van der Waals surface area contributed by atoms with Crippen molar-refractivity contribution in [3.8, 4) is 6.01 Å². The molecular formula is C12H11ClFN3O2. The third-order valence-electron chi connectivity index (χ3n) is 3.30. The molecule has 1 saturated carbocycles. The van der Waals surface area contributed by atoms with Crippen molar-refractivity contribution < 1.29 is 14.2 Å². The van der Waals surface area contributed by atoms with Gasteiger partial charge in [-0.05, 0) is 12.8 Å². The molecule has 1 aliphatic carbocycles. The molecule has 100 valence electrons. The molecule has 0 atom stereocenters. The second-order valence-electron chi connectivity index (χ2n) is 4.77. The van der Waals surface area contributed by atoms with Gasteiger partial charge in [0.1, 0.15) is 5.52 Å². The Hall–Kier alpha value is -1.53. The monoisotopic (exact) mass is 283 g/mol. The minimum Gasteiger partial charge on any atom is -0.463 e. The number of fused-ring (bicyclic) bond motifs is 1. The molecule has 2 aromatic rings. The summed E-state index contributed by atoms with van der Waals surface area (Å²) < 4.78 is 19.2. The summed E-state index contributed by atoms with van der Waals surface area (Å²) in [7, 11) is 0. The molecule has 3 rings (SSSR count). The van der Waals surface area contributed by atoms with E-state index in [1.807, 2.05) is 0 Å². The minimum atomic E-state index is -0.685. The Morgan fingerprint density at radius 3 is 2.79 bits per heavy atom. The molecule has 1 aliphatic rings. The lowest BCUT2D eigenvalue weighted by molar-refractivity contribution is 0.140. The van der Waals surface area contributed by atoms with Crippen molar-refractivity contribution in [1.29, 1.82) is 0 Å². The Kier molecular flexibility index (Phi) is 2.99. The van der Waals surface area contributed by atoms with E-state index in [4.69, 9.17) is 16.3 Å². The van der Waals surface area contributed by atoms with Crippen molar-refractivity contribution >= 4 is 22.5 Å². The zero-order valence-electron chi connectivity index (χ0n) is 9.94. The quantitative estimate of drug-likeness (QED) is 0.869. The van der Waals surface area contributed by atoms with E-state index in [9.17, 15) is 9.50 Å². The topological polar surface area (TPSA) is 68.1 Å². The Labute approximate surface area is 113 Å². The lowest BCUT2D eigenvalue weighted by Crippen LogP contribution is -2.18. The highest BCUT2D eigenvalue weighted by molar-refractivity contribution is 6.30. The van der Waals surface area contributed by atoms with Crippen molar-refractivity contribution in [2.45, 2.75) is 12.8 Å². The molecule has 1 fully saturated rings. The van der Waals surface area contributed by atoms with Crippen LogP contribution in [0.25, 0.3) is 10.9 Å². The molecule has 0 aromatic carbocycles. The normalized spacial score (nSPS) is 16.6. The van der Waals surface area contributed by atoms with Crippen molar-refractivity contribution in [2.24, 2.45) is 5.41 Å². The van der Waals surface area contributed by atoms with Crippen LogP contribution in [0.3, 0.4) is 0 Å². The number of aliphatic hydroxyl groups is 1. The first-order valence-electron chi connectivity index (χ1n) is 5.84. The van der Waals surface area contributed by atoms with Gasteiger partial charge < -0.3 is 9.84 Å². The largest absolute Gasteiger partial charge is 0.463 e. The molecule has 0 radical (unpaired) electrons. The van der Waals surface area contributed by atoms with Crippen LogP contribution < -0.4 is 4.74 Å². The van der Waals surface area contributed by atoms with Crippen molar-refractivity contribution in [3.05, 3.63) is 23.4 Å². The van der Waals surface area contributed by atoms with Crippen LogP contribution in [0, 0.1) is 11.2 Å². The molecule has 0 saturated heterocycles. The van der Waals surface area contributed by atoms with E-state index >= 15 is 0 Å². The fraction of sp³-hybridized carbons (Fsp3) is 0.417. The van der Waals surface area contributed by atoms with Crippen LogP contribution in [0.1, 0.15) is 12.8 Å². The lowest BCUT2D eigenvalue weighted by atomic mass is 10.1. The number of aromatic nitrogens is 3. The zero-order valence-corrected chi connectivity index (χ0v) is 10.7. The predicted molar refractivity (Wildman–Crippen MR) is 66.5 cm³/mol. The van der Waals surface area contributed by atoms with Crippen LogP contribution in [-0.2, 0) is 0 Å². The number of aliphatic hydroxyl groups excluding tert-OH is 1. The highest BCUT2D eigenvalue weighted by atomic mass is 35.5. The Morgan fingerprint density at radius 2 is 2.11 bits per heavy atom. The van der Waals surface area contributed by atoms with Crippen molar-refractivity contribution in [2.75, 3.05) is 13.2 Å². The Balaban J connectivity index is 1.86. The van der Waals surface area contributed by atoms with Gasteiger partial charge in [-0.2, -0.15) is 4.98 Å². The van der Waals surface area contributed by atoms with Gasteiger partial charge in [0, 0.05) is 23.2 Å². The van der Waals surface area contributed by atoms with Gasteiger partial charge in [-0.25, -0.2) is 14.4 Å². The molecular weight excluding hydrogens is 273 g/mol. The molecule has 5 nitrogen and oxygen atoms in total. The summed E-state index contributed by atoms with van der Waals surface area (Å²) in [5.41, 5.74) is -0.0916. The first kappa shape index (κ1) is 12.5. The third-order valence-corrected chi connectivity index (χ3v) is 3.56. The van der Waals surface area contributed by atoms with E-state index < -0.39 is 5.82 Å². The number of nitrogens with zero attached hydrogens (tertiary/aromatic N) is 3. The molecule has 2 aromatic heterocycles. The maximum atomic E-state index is 13.8. The van der Waals surface area contributed by atoms with E-state index in [0.29, 0.717) is 12.0 Å². The van der Waals surface area contributed by atoms with Gasteiger partial charge in [-0.3, -0.25) is 0 Å². The van der Waals surface area contributed by atoms with Gasteiger partial charge in [0.05, 0.1) is 13.2 Å². The highest BCUT2D eigenvalue weighted by Gasteiger charge is 2.43. The number of rotatable bonds is 4. The highest BCUT2D eigenvalue weighted by Crippen LogP contribution is 2.45. The molecule has 1 N–H and O–H groups in total. The van der Waals surface area contributed by atoms with E-state index in [-0.39, 0.29) is 28.7 Å². The van der Waals surface area contributed by atoms with Gasteiger partial charge in [-0.15, -0.1) is 0 Å². The summed E-state index contributed by atoms with van der Waals surface area (Å²) in [6.45, 7) is 0.403. The molecule has 0 unspecified atom stereocenters. The minimum absolute atomic E-state index is 0.0741. The van der Waals surface area contributed by atoms with Gasteiger partial charge in [0.2, 0.25) is 0 Å². The number of pyridine rings is 1. The molecule has 0 amide bonds. The van der Waals surface area contributed by atoms with Crippen LogP contribution >= 0.6 is 11.6 Å². The summed E-state index contributed by atoms with van der Waals surface area (Å²) >= 11 is 5.60. The number of hydrogen-bond acceptors (Lipinski definition) is 5. The summed E-state index contributed by atoms with van der Waals surface area (Å²) in [6.07, 6.45) is 4.67. The second kappa shape index (κ2) is 4.54. The fourth-order valence-corrected chi connectivity index (χ4v) is 1.88. The molecule has 0 aliphatic heterocycles. The number of hydrogen-bond donors (Lipinski definition) is 1. The lowest BCUT2D eigenvalue weighted by Gasteiger charge is -2.12. The zero-order chi connectivity index (χ0) is 13.5. The first-order valence-corrected chi connectivity index (χ1v) is 6.22. The standard InChI is InChI=1S/C12H11ClFN3O2/c13-10-8(14)9-7(3-15-10)4-16-11(17-9)19-6-12(5-18)1-2-12/h3-4,18H,1-2,5-6H2. The van der Waals surface area contributed by atoms with Gasteiger partial charge in [0.15, 0.2) is 11.0 Å². The van der Waals surface area contributed by atoms with Gasteiger partial charge >= 0.3 is 6.01 Å². The smallest absolute Gasteiger partial charge is 0.317 e. The van der Waals surface area contributed by atoms with E-state index in [2.05, 4.69) is 15.0 Å². The van der Waals surface area contributed by atoms with Crippen LogP contribution in [0.4, 0.5) is 4.39 Å². The fourth-order valence-electron chi connectivity index (χ4n) is 1.74. The maximum Gasteiger partial charge on any atom is 0.317 e. The molecule has 0 bridgehead atoms. The second-order valence-corrected chi connectivity index (χ2v) is 5.12. The Morgan fingerprint density at radius 1 is 1.37 bits per heavy atom. The number of halogens is 2. The maximum absolute atomic E-state index is 13.8. The van der Waals surface area contributed by atoms with Crippen LogP contribution in [0.2, 0.25) is 5.15 Å². The van der Waals surface area contributed by atoms with Crippen molar-refractivity contribution in [3.63, 3.8) is 0 Å². The van der Waals surface area contributed by atoms with Crippen molar-refractivity contribution in [1.82, 2.24) is 15.0 Å². The van der Waals surface area contributed by atoms with Crippen LogP contribution in [0.5, 0.6) is 6.01 Å². The van der Waals surface area contributed by atoms with Crippen LogP contribution in [0.15, 0.2) is 12.4 Å². The van der Waals surface area contributed by atoms with Crippen LogP contribution in [-0.4, -0.2) is 33.3 Å². The Bertz CT molecular complexity index is 634. The molecule has 19 heavy (non-hydrogen) atoms. The summed E-state index contributed by atoms with van der Waals surface area (Å²) in [5, 5.41) is 9.41. The van der Waals surface area contributed by atoms with E-state index in [1.54, 1.807) is 0 Å². The predicted octanol–water partition coefficient (Wildman–Crippen LogP) is 1.97.